The SMILES string of the molecule is CCN(N=S(=O)=O)c1ccccc1. The monoisotopic (exact) mass is 198 g/mol. The second-order valence-electron chi connectivity index (χ2n) is 2.35. The molecule has 0 saturated heterocycles. The predicted octanol–water partition coefficient (Wildman–Crippen LogP) is 1.49. The van der Waals surface area contributed by atoms with Crippen LogP contribution in [0, 0.1) is 0 Å². The van der Waals surface area contributed by atoms with E-state index in [2.05, 4.69) is 4.47 Å². The number of rotatable bonds is 3. The third-order valence-corrected chi connectivity index (χ3v) is 1.85. The average Bonchev–Trinajstić information content (AvgIpc) is 2.15. The van der Waals surface area contributed by atoms with E-state index >= 15 is 0 Å². The Labute approximate surface area is 78.5 Å². The van der Waals surface area contributed by atoms with Gasteiger partial charge in [0.25, 0.3) is 0 Å². The van der Waals surface area contributed by atoms with E-state index in [1.807, 2.05) is 25.1 Å². The molecule has 1 rings (SSSR count). The third kappa shape index (κ3) is 2.87. The van der Waals surface area contributed by atoms with Gasteiger partial charge in [-0.3, -0.25) is 5.01 Å². The standard InChI is InChI=1S/C8H10N2O2S/c1-2-10(9-13(11)12)8-6-4-3-5-7-8/h3-7H,2H2,1H3. The molecule has 5 heteroatoms. The minimum Gasteiger partial charge on any atom is -0.251 e. The molecule has 0 spiro atoms. The summed E-state index contributed by atoms with van der Waals surface area (Å²) in [5.41, 5.74) is 0.772. The van der Waals surface area contributed by atoms with Crippen molar-refractivity contribution in [3.05, 3.63) is 30.3 Å². The van der Waals surface area contributed by atoms with Crippen LogP contribution in [-0.4, -0.2) is 15.0 Å². The molecular formula is C8H10N2O2S. The van der Waals surface area contributed by atoms with Gasteiger partial charge in [0.2, 0.25) is 0 Å². The summed E-state index contributed by atoms with van der Waals surface area (Å²) in [6.45, 7) is 2.36. The fourth-order valence-corrected chi connectivity index (χ4v) is 1.34. The van der Waals surface area contributed by atoms with Gasteiger partial charge in [-0.2, -0.15) is 8.42 Å². The van der Waals surface area contributed by atoms with Gasteiger partial charge in [-0.05, 0) is 19.1 Å². The normalized spacial score (nSPS) is 9.31. The van der Waals surface area contributed by atoms with Gasteiger partial charge in [0.05, 0.1) is 5.69 Å². The second-order valence-corrected chi connectivity index (χ2v) is 2.95. The maximum Gasteiger partial charge on any atom is 0.333 e. The molecule has 70 valence electrons. The summed E-state index contributed by atoms with van der Waals surface area (Å²) in [6.07, 6.45) is 0. The Kier molecular flexibility index (Phi) is 3.45. The molecule has 0 N–H and O–H groups in total. The zero-order valence-electron chi connectivity index (χ0n) is 7.21. The quantitative estimate of drug-likeness (QED) is 0.691. The smallest absolute Gasteiger partial charge is 0.251 e. The van der Waals surface area contributed by atoms with Gasteiger partial charge in [0.1, 0.15) is 0 Å². The van der Waals surface area contributed by atoms with Gasteiger partial charge in [-0.1, -0.05) is 22.7 Å². The van der Waals surface area contributed by atoms with E-state index in [1.54, 1.807) is 12.1 Å². The van der Waals surface area contributed by atoms with Crippen molar-refractivity contribution in [2.75, 3.05) is 11.6 Å². The Morgan fingerprint density at radius 3 is 2.38 bits per heavy atom. The van der Waals surface area contributed by atoms with Crippen molar-refractivity contribution in [2.45, 2.75) is 6.92 Å². The number of benzene rings is 1. The van der Waals surface area contributed by atoms with Crippen molar-refractivity contribution < 1.29 is 8.42 Å². The van der Waals surface area contributed by atoms with Crippen LogP contribution in [0.2, 0.25) is 0 Å². The highest BCUT2D eigenvalue weighted by Crippen LogP contribution is 2.12. The maximum absolute atomic E-state index is 10.3. The van der Waals surface area contributed by atoms with Crippen LogP contribution >= 0.6 is 0 Å². The number of hydrogen-bond donors (Lipinski definition) is 0. The molecule has 0 saturated carbocycles. The van der Waals surface area contributed by atoms with Crippen LogP contribution in [0.1, 0.15) is 6.92 Å². The molecule has 0 amide bonds. The molecule has 0 radical (unpaired) electrons. The van der Waals surface area contributed by atoms with Crippen molar-refractivity contribution in [1.82, 2.24) is 0 Å². The second kappa shape index (κ2) is 4.61. The Morgan fingerprint density at radius 1 is 1.31 bits per heavy atom. The summed E-state index contributed by atoms with van der Waals surface area (Å²) < 4.78 is 24.1. The Morgan fingerprint density at radius 2 is 1.92 bits per heavy atom. The minimum atomic E-state index is -2.40. The first-order valence-electron chi connectivity index (χ1n) is 3.87. The zero-order chi connectivity index (χ0) is 9.68. The molecule has 0 bridgehead atoms. The van der Waals surface area contributed by atoms with E-state index < -0.39 is 10.5 Å². The molecule has 0 aliphatic carbocycles. The molecule has 4 nitrogen and oxygen atoms in total. The highest BCUT2D eigenvalue weighted by atomic mass is 32.2. The van der Waals surface area contributed by atoms with E-state index in [-0.39, 0.29) is 0 Å². The minimum absolute atomic E-state index is 0.526. The summed E-state index contributed by atoms with van der Waals surface area (Å²) in [5.74, 6) is 0. The van der Waals surface area contributed by atoms with Crippen molar-refractivity contribution in [2.24, 2.45) is 4.47 Å². The van der Waals surface area contributed by atoms with Crippen LogP contribution in [0.25, 0.3) is 0 Å². The lowest BCUT2D eigenvalue weighted by Crippen LogP contribution is -2.14. The van der Waals surface area contributed by atoms with E-state index in [0.717, 1.165) is 5.69 Å². The molecule has 0 atom stereocenters. The van der Waals surface area contributed by atoms with Crippen LogP contribution < -0.4 is 5.01 Å². The highest BCUT2D eigenvalue weighted by molar-refractivity contribution is 7.61. The lowest BCUT2D eigenvalue weighted by molar-refractivity contribution is 0.618. The Balaban J connectivity index is 2.98. The summed E-state index contributed by atoms with van der Waals surface area (Å²) in [4.78, 5) is 0. The predicted molar refractivity (Wildman–Crippen MR) is 50.8 cm³/mol. The van der Waals surface area contributed by atoms with Gasteiger partial charge in [-0.25, -0.2) is 0 Å². The molecule has 1 aromatic rings. The van der Waals surface area contributed by atoms with Gasteiger partial charge >= 0.3 is 10.5 Å². The van der Waals surface area contributed by atoms with E-state index in [1.165, 1.54) is 5.01 Å². The third-order valence-electron chi connectivity index (χ3n) is 1.52. The molecule has 0 fully saturated rings. The van der Waals surface area contributed by atoms with Gasteiger partial charge in [0, 0.05) is 6.54 Å². The molecule has 0 heterocycles. The fourth-order valence-electron chi connectivity index (χ4n) is 0.968. The van der Waals surface area contributed by atoms with Crippen molar-refractivity contribution in [1.29, 1.82) is 0 Å². The molecule has 1 aromatic carbocycles. The number of para-hydroxylation sites is 1. The largest absolute Gasteiger partial charge is 0.333 e. The molecule has 0 unspecified atom stereocenters. The van der Waals surface area contributed by atoms with Crippen molar-refractivity contribution >= 4 is 16.2 Å². The average molecular weight is 198 g/mol. The topological polar surface area (TPSA) is 49.7 Å². The Hall–Kier alpha value is -1.36. The summed E-state index contributed by atoms with van der Waals surface area (Å²) in [6, 6.07) is 9.15. The lowest BCUT2D eigenvalue weighted by atomic mass is 10.3. The van der Waals surface area contributed by atoms with Crippen LogP contribution in [-0.2, 0) is 10.5 Å². The van der Waals surface area contributed by atoms with Crippen LogP contribution in [0.5, 0.6) is 0 Å². The number of hydrogen-bond acceptors (Lipinski definition) is 3. The van der Waals surface area contributed by atoms with Crippen LogP contribution in [0.15, 0.2) is 34.8 Å². The molecule has 0 aromatic heterocycles. The van der Waals surface area contributed by atoms with Crippen molar-refractivity contribution in [3.8, 4) is 0 Å². The number of nitrogens with zero attached hydrogens (tertiary/aromatic N) is 2. The molecule has 13 heavy (non-hydrogen) atoms. The first-order valence-corrected chi connectivity index (χ1v) is 4.91. The Bertz CT molecular complexity index is 378. The van der Waals surface area contributed by atoms with Crippen molar-refractivity contribution in [3.63, 3.8) is 0 Å². The highest BCUT2D eigenvalue weighted by Gasteiger charge is 2.00. The first-order chi connectivity index (χ1) is 6.24. The van der Waals surface area contributed by atoms with Crippen LogP contribution in [0.4, 0.5) is 5.69 Å². The van der Waals surface area contributed by atoms with Crippen LogP contribution in [0.3, 0.4) is 0 Å². The van der Waals surface area contributed by atoms with E-state index in [9.17, 15) is 8.42 Å². The summed E-state index contributed by atoms with van der Waals surface area (Å²) in [5, 5.41) is 1.42. The van der Waals surface area contributed by atoms with E-state index in [4.69, 9.17) is 0 Å². The lowest BCUT2D eigenvalue weighted by Gasteiger charge is -2.13. The first kappa shape index (κ1) is 9.73. The molecule has 0 aliphatic heterocycles. The van der Waals surface area contributed by atoms with E-state index in [0.29, 0.717) is 6.54 Å². The molecular weight excluding hydrogens is 188 g/mol. The summed E-state index contributed by atoms with van der Waals surface area (Å²) in [7, 11) is -2.40. The number of anilines is 1. The summed E-state index contributed by atoms with van der Waals surface area (Å²) >= 11 is 0. The van der Waals surface area contributed by atoms with Gasteiger partial charge in [-0.15, -0.1) is 0 Å². The maximum atomic E-state index is 10.3. The van der Waals surface area contributed by atoms with Gasteiger partial charge < -0.3 is 0 Å². The fraction of sp³-hybridized carbons (Fsp3) is 0.250. The zero-order valence-corrected chi connectivity index (χ0v) is 8.03. The molecule has 0 aliphatic rings. The van der Waals surface area contributed by atoms with Gasteiger partial charge in [0.15, 0.2) is 0 Å².